The summed E-state index contributed by atoms with van der Waals surface area (Å²) in [7, 11) is 0. The van der Waals surface area contributed by atoms with Crippen LogP contribution in [0.3, 0.4) is 0 Å². The molecule has 92 valence electrons. The lowest BCUT2D eigenvalue weighted by Crippen LogP contribution is -2.36. The molecule has 2 atom stereocenters. The molecule has 3 heteroatoms. The molecule has 0 radical (unpaired) electrons. The van der Waals surface area contributed by atoms with Crippen LogP contribution in [0.15, 0.2) is 48.6 Å². The quantitative estimate of drug-likeness (QED) is 0.675. The molecule has 2 aliphatic rings. The predicted molar refractivity (Wildman–Crippen MR) is 80.3 cm³/mol. The molecule has 2 aliphatic carbocycles. The van der Waals surface area contributed by atoms with Crippen LogP contribution in [0, 0.1) is 0 Å². The molecule has 0 spiro atoms. The number of alkyl halides is 2. The minimum absolute atomic E-state index is 0.0132. The molecule has 0 aliphatic heterocycles. The first-order valence-electron chi connectivity index (χ1n) is 5.75. The van der Waals surface area contributed by atoms with Gasteiger partial charge >= 0.3 is 0 Å². The van der Waals surface area contributed by atoms with E-state index in [0.717, 1.165) is 12.8 Å². The zero-order valence-corrected chi connectivity index (χ0v) is 11.9. The second kappa shape index (κ2) is 5.69. The second-order valence-electron chi connectivity index (χ2n) is 4.48. The summed E-state index contributed by atoms with van der Waals surface area (Å²) in [5.74, 6) is 1.24. The normalized spacial score (nSPS) is 35.4. The molecule has 0 aromatic heterocycles. The number of hydrogen-bond donors (Lipinski definition) is 0. The molecule has 0 N–H and O–H groups in total. The van der Waals surface area contributed by atoms with Crippen molar-refractivity contribution in [3.8, 4) is 0 Å². The van der Waals surface area contributed by atoms with E-state index >= 15 is 0 Å². The summed E-state index contributed by atoms with van der Waals surface area (Å²) < 4.78 is -0.0264. The Morgan fingerprint density at radius 2 is 1.29 bits per heavy atom. The van der Waals surface area contributed by atoms with Crippen molar-refractivity contribution < 1.29 is 0 Å². The Hall–Kier alpha value is -0.110. The average molecular weight is 287 g/mol. The third-order valence-corrected chi connectivity index (χ3v) is 6.06. The molecule has 2 rings (SSSR count). The number of hydrogen-bond acceptors (Lipinski definition) is 1. The lowest BCUT2D eigenvalue weighted by atomic mass is 10.0. The Morgan fingerprint density at radius 1 is 0.824 bits per heavy atom. The van der Waals surface area contributed by atoms with Gasteiger partial charge in [-0.05, 0) is 12.8 Å². The summed E-state index contributed by atoms with van der Waals surface area (Å²) in [5.41, 5.74) is 0. The van der Waals surface area contributed by atoms with E-state index in [2.05, 4.69) is 48.6 Å². The van der Waals surface area contributed by atoms with Gasteiger partial charge in [0.15, 0.2) is 0 Å². The van der Waals surface area contributed by atoms with E-state index in [1.165, 1.54) is 0 Å². The van der Waals surface area contributed by atoms with E-state index in [4.69, 9.17) is 23.2 Å². The molecule has 17 heavy (non-hydrogen) atoms. The Labute approximate surface area is 117 Å². The van der Waals surface area contributed by atoms with Gasteiger partial charge in [0.25, 0.3) is 0 Å². The Balaban J connectivity index is 2.17. The van der Waals surface area contributed by atoms with Crippen molar-refractivity contribution in [2.24, 2.45) is 0 Å². The Morgan fingerprint density at radius 3 is 1.59 bits per heavy atom. The predicted octanol–water partition coefficient (Wildman–Crippen LogP) is 4.71. The van der Waals surface area contributed by atoms with Crippen molar-refractivity contribution >= 4 is 35.0 Å². The lowest BCUT2D eigenvalue weighted by Gasteiger charge is -2.39. The van der Waals surface area contributed by atoms with Crippen LogP contribution in [0.25, 0.3) is 0 Å². The summed E-state index contributed by atoms with van der Waals surface area (Å²) in [6, 6.07) is 0. The van der Waals surface area contributed by atoms with Crippen molar-refractivity contribution in [2.45, 2.75) is 22.3 Å². The number of thioether (sulfide) groups is 1. The van der Waals surface area contributed by atoms with E-state index in [-0.39, 0.29) is 9.49 Å². The van der Waals surface area contributed by atoms with Gasteiger partial charge in [0.05, 0.1) is 9.49 Å². The van der Waals surface area contributed by atoms with Gasteiger partial charge in [-0.3, -0.25) is 0 Å². The number of allylic oxidation sites excluding steroid dienone is 6. The molecule has 0 saturated carbocycles. The fourth-order valence-corrected chi connectivity index (χ4v) is 4.39. The molecule has 0 heterocycles. The first kappa shape index (κ1) is 13.3. The number of halogens is 2. The van der Waals surface area contributed by atoms with Gasteiger partial charge in [0, 0.05) is 11.8 Å². The minimum atomic E-state index is -0.0132. The van der Waals surface area contributed by atoms with E-state index in [1.54, 1.807) is 0 Å². The molecule has 0 nitrogen and oxygen atoms in total. The van der Waals surface area contributed by atoms with Crippen molar-refractivity contribution in [3.05, 3.63) is 48.6 Å². The zero-order chi connectivity index (χ0) is 12.2. The van der Waals surface area contributed by atoms with Crippen LogP contribution in [0.4, 0.5) is 0 Å². The highest BCUT2D eigenvalue weighted by molar-refractivity contribution is 8.02. The van der Waals surface area contributed by atoms with E-state index in [0.29, 0.717) is 11.8 Å². The largest absolute Gasteiger partial charge is 0.137 e. The van der Waals surface area contributed by atoms with Crippen molar-refractivity contribution in [1.82, 2.24) is 0 Å². The molecule has 2 unspecified atom stereocenters. The molecular weight excluding hydrogens is 271 g/mol. The van der Waals surface area contributed by atoms with E-state index in [9.17, 15) is 0 Å². The zero-order valence-electron chi connectivity index (χ0n) is 9.61. The van der Waals surface area contributed by atoms with Gasteiger partial charge in [-0.25, -0.2) is 0 Å². The van der Waals surface area contributed by atoms with Gasteiger partial charge in [-0.15, -0.1) is 35.0 Å². The van der Waals surface area contributed by atoms with Gasteiger partial charge in [-0.2, -0.15) is 0 Å². The molecule has 0 bridgehead atoms. The summed E-state index contributed by atoms with van der Waals surface area (Å²) in [5, 5.41) is 0. The third kappa shape index (κ3) is 3.01. The van der Waals surface area contributed by atoms with Crippen molar-refractivity contribution in [1.29, 1.82) is 0 Å². The van der Waals surface area contributed by atoms with Crippen molar-refractivity contribution in [3.63, 3.8) is 0 Å². The molecule has 0 aromatic carbocycles. The number of rotatable bonds is 4. The van der Waals surface area contributed by atoms with Crippen LogP contribution in [0.1, 0.15) is 12.8 Å². The van der Waals surface area contributed by atoms with Crippen LogP contribution in [-0.2, 0) is 0 Å². The maximum absolute atomic E-state index is 6.18. The highest BCUT2D eigenvalue weighted by Crippen LogP contribution is 2.46. The topological polar surface area (TPSA) is 0 Å². The molecular formula is C14H16Cl2S. The molecule has 0 aromatic rings. The summed E-state index contributed by atoms with van der Waals surface area (Å²) >= 11 is 14.3. The lowest BCUT2D eigenvalue weighted by molar-refractivity contribution is 0.748. The smallest absolute Gasteiger partial charge is 0.0520 e. The summed E-state index contributed by atoms with van der Waals surface area (Å²) in [6.07, 6.45) is 19.1. The summed E-state index contributed by atoms with van der Waals surface area (Å²) in [4.78, 5) is 0. The van der Waals surface area contributed by atoms with Gasteiger partial charge in [0.1, 0.15) is 0 Å². The van der Waals surface area contributed by atoms with Crippen LogP contribution in [0.2, 0.25) is 0 Å². The maximum Gasteiger partial charge on any atom is 0.0520 e. The van der Waals surface area contributed by atoms with Gasteiger partial charge in [0.2, 0.25) is 0 Å². The standard InChI is InChI=1S/C14H16Cl2S/c15-11-13(7-3-1-4-8-13)17-14(12-16)9-5-2-6-10-14/h1-7,9H,8,10-12H2. The van der Waals surface area contributed by atoms with Gasteiger partial charge in [-0.1, -0.05) is 48.6 Å². The highest BCUT2D eigenvalue weighted by atomic mass is 35.5. The fraction of sp³-hybridized carbons (Fsp3) is 0.429. The van der Waals surface area contributed by atoms with Crippen LogP contribution < -0.4 is 0 Å². The first-order valence-corrected chi connectivity index (χ1v) is 7.64. The monoisotopic (exact) mass is 286 g/mol. The van der Waals surface area contributed by atoms with E-state index in [1.807, 2.05) is 11.8 Å². The van der Waals surface area contributed by atoms with Crippen LogP contribution in [0.5, 0.6) is 0 Å². The Bertz CT molecular complexity index is 348. The molecule has 0 amide bonds. The molecule has 0 saturated heterocycles. The highest BCUT2D eigenvalue weighted by Gasteiger charge is 2.38. The van der Waals surface area contributed by atoms with Crippen molar-refractivity contribution in [2.75, 3.05) is 11.8 Å². The SMILES string of the molecule is ClCC1(SC2(CCl)C=CC=CC2)C=CC=CC1. The van der Waals surface area contributed by atoms with E-state index < -0.39 is 0 Å². The fourth-order valence-electron chi connectivity index (χ4n) is 2.10. The Kier molecular flexibility index (Phi) is 4.46. The van der Waals surface area contributed by atoms with Crippen LogP contribution >= 0.6 is 35.0 Å². The average Bonchev–Trinajstić information content (AvgIpc) is 2.41. The van der Waals surface area contributed by atoms with Crippen LogP contribution in [-0.4, -0.2) is 21.3 Å². The minimum Gasteiger partial charge on any atom is -0.137 e. The maximum atomic E-state index is 6.18. The first-order chi connectivity index (χ1) is 8.24. The summed E-state index contributed by atoms with van der Waals surface area (Å²) in [6.45, 7) is 0. The van der Waals surface area contributed by atoms with Gasteiger partial charge < -0.3 is 0 Å². The third-order valence-electron chi connectivity index (χ3n) is 3.08. The molecule has 0 fully saturated rings. The second-order valence-corrected chi connectivity index (χ2v) is 6.85.